The second kappa shape index (κ2) is 6.89. The zero-order valence-electron chi connectivity index (χ0n) is 14.3. The zero-order chi connectivity index (χ0) is 18.0. The minimum atomic E-state index is -0.258. The Bertz CT molecular complexity index is 822. The van der Waals surface area contributed by atoms with Crippen molar-refractivity contribution in [2.24, 2.45) is 0 Å². The second-order valence-corrected chi connectivity index (χ2v) is 6.42. The number of aryl methyl sites for hydroxylation is 2. The maximum Gasteiger partial charge on any atom is 0.256 e. The normalized spacial score (nSPS) is 15.0. The van der Waals surface area contributed by atoms with Crippen molar-refractivity contribution in [2.75, 3.05) is 5.32 Å². The molecule has 0 spiro atoms. The van der Waals surface area contributed by atoms with Crippen molar-refractivity contribution in [2.45, 2.75) is 32.6 Å². The first-order valence-electron chi connectivity index (χ1n) is 8.24. The zero-order valence-corrected chi connectivity index (χ0v) is 14.3. The average molecular weight is 336 g/mol. The van der Waals surface area contributed by atoms with E-state index in [1.807, 2.05) is 50.2 Å². The monoisotopic (exact) mass is 336 g/mol. The molecule has 0 radical (unpaired) electrons. The van der Waals surface area contributed by atoms with Crippen molar-refractivity contribution in [1.82, 2.24) is 5.32 Å². The van der Waals surface area contributed by atoms with Crippen LogP contribution in [-0.4, -0.2) is 17.7 Å². The van der Waals surface area contributed by atoms with Gasteiger partial charge in [0.1, 0.15) is 0 Å². The van der Waals surface area contributed by atoms with Crippen LogP contribution in [0.25, 0.3) is 0 Å². The van der Waals surface area contributed by atoms with E-state index in [0.717, 1.165) is 16.7 Å². The number of benzene rings is 2. The molecule has 1 aliphatic heterocycles. The summed E-state index contributed by atoms with van der Waals surface area (Å²) in [7, 11) is 0. The maximum atomic E-state index is 12.6. The lowest BCUT2D eigenvalue weighted by Gasteiger charge is -2.21. The van der Waals surface area contributed by atoms with Crippen LogP contribution in [0.15, 0.2) is 42.5 Å². The summed E-state index contributed by atoms with van der Waals surface area (Å²) < 4.78 is 0. The molecule has 0 bridgehead atoms. The lowest BCUT2D eigenvalue weighted by atomic mass is 9.89. The highest BCUT2D eigenvalue weighted by Gasteiger charge is 2.26. The Kier molecular flexibility index (Phi) is 4.65. The Labute approximate surface area is 146 Å². The fraction of sp³-hybridized carbons (Fsp3) is 0.250. The molecule has 2 aromatic rings. The van der Waals surface area contributed by atoms with Crippen LogP contribution in [0.4, 0.5) is 5.69 Å². The molecule has 0 saturated carbocycles. The summed E-state index contributed by atoms with van der Waals surface area (Å²) in [5.41, 5.74) is 4.04. The number of nitrogens with one attached hydrogen (secondary N) is 2. The molecular formula is C20H20N2O3. The maximum absolute atomic E-state index is 12.6. The van der Waals surface area contributed by atoms with Crippen LogP contribution >= 0.6 is 0 Å². The summed E-state index contributed by atoms with van der Waals surface area (Å²) in [4.78, 5) is 35.8. The van der Waals surface area contributed by atoms with E-state index in [9.17, 15) is 14.4 Å². The van der Waals surface area contributed by atoms with Gasteiger partial charge in [-0.05, 0) is 42.7 Å². The summed E-state index contributed by atoms with van der Waals surface area (Å²) in [6.45, 7) is 3.81. The van der Waals surface area contributed by atoms with Gasteiger partial charge in [-0.1, -0.05) is 30.3 Å². The van der Waals surface area contributed by atoms with E-state index in [0.29, 0.717) is 11.3 Å². The predicted molar refractivity (Wildman–Crippen MR) is 95.4 cm³/mol. The molecule has 0 unspecified atom stereocenters. The molecule has 2 N–H and O–H groups in total. The van der Waals surface area contributed by atoms with Crippen LogP contribution in [0.5, 0.6) is 0 Å². The molecule has 0 aromatic heterocycles. The van der Waals surface area contributed by atoms with E-state index in [4.69, 9.17) is 0 Å². The third kappa shape index (κ3) is 3.76. The van der Waals surface area contributed by atoms with E-state index in [-0.39, 0.29) is 36.5 Å². The van der Waals surface area contributed by atoms with Gasteiger partial charge in [-0.25, -0.2) is 0 Å². The van der Waals surface area contributed by atoms with Crippen molar-refractivity contribution in [3.05, 3.63) is 64.7 Å². The van der Waals surface area contributed by atoms with Crippen molar-refractivity contribution < 1.29 is 14.4 Å². The van der Waals surface area contributed by atoms with Crippen LogP contribution < -0.4 is 10.6 Å². The quantitative estimate of drug-likeness (QED) is 0.846. The van der Waals surface area contributed by atoms with E-state index in [2.05, 4.69) is 10.6 Å². The highest BCUT2D eigenvalue weighted by molar-refractivity contribution is 6.06. The van der Waals surface area contributed by atoms with Crippen LogP contribution in [-0.2, 0) is 9.59 Å². The van der Waals surface area contributed by atoms with Gasteiger partial charge >= 0.3 is 0 Å². The Morgan fingerprint density at radius 3 is 2.24 bits per heavy atom. The van der Waals surface area contributed by atoms with Gasteiger partial charge in [0.05, 0.1) is 0 Å². The van der Waals surface area contributed by atoms with Gasteiger partial charge in [-0.15, -0.1) is 0 Å². The molecular weight excluding hydrogens is 316 g/mol. The van der Waals surface area contributed by atoms with E-state index in [1.165, 1.54) is 0 Å². The van der Waals surface area contributed by atoms with Crippen molar-refractivity contribution in [3.8, 4) is 0 Å². The lowest BCUT2D eigenvalue weighted by molar-refractivity contribution is -0.133. The smallest absolute Gasteiger partial charge is 0.256 e. The highest BCUT2D eigenvalue weighted by atomic mass is 16.2. The highest BCUT2D eigenvalue weighted by Crippen LogP contribution is 2.28. The number of anilines is 1. The number of carbonyl (C=O) groups excluding carboxylic acids is 3. The third-order valence-corrected chi connectivity index (χ3v) is 4.47. The molecule has 5 nitrogen and oxygen atoms in total. The summed E-state index contributed by atoms with van der Waals surface area (Å²) in [5, 5.41) is 5.23. The molecule has 25 heavy (non-hydrogen) atoms. The Balaban J connectivity index is 1.81. The van der Waals surface area contributed by atoms with Crippen molar-refractivity contribution in [3.63, 3.8) is 0 Å². The van der Waals surface area contributed by atoms with Crippen LogP contribution in [0.1, 0.15) is 45.8 Å². The first kappa shape index (κ1) is 16.9. The number of amides is 3. The largest absolute Gasteiger partial charge is 0.322 e. The number of rotatable bonds is 3. The lowest BCUT2D eigenvalue weighted by Crippen LogP contribution is -2.37. The Morgan fingerprint density at radius 2 is 1.60 bits per heavy atom. The molecule has 2 aromatic carbocycles. The molecule has 5 heteroatoms. The fourth-order valence-corrected chi connectivity index (χ4v) is 3.25. The molecule has 1 fully saturated rings. The second-order valence-electron chi connectivity index (χ2n) is 6.42. The van der Waals surface area contributed by atoms with Gasteiger partial charge in [0.2, 0.25) is 11.8 Å². The topological polar surface area (TPSA) is 75.3 Å². The first-order valence-corrected chi connectivity index (χ1v) is 8.24. The van der Waals surface area contributed by atoms with Crippen LogP contribution in [0, 0.1) is 13.8 Å². The molecule has 128 valence electrons. The SMILES string of the molecule is Cc1cccc(C)c1C(=O)Nc1cccc(C2CC(=O)NC(=O)C2)c1. The van der Waals surface area contributed by atoms with E-state index >= 15 is 0 Å². The molecule has 0 aliphatic carbocycles. The van der Waals surface area contributed by atoms with Crippen LogP contribution in [0.2, 0.25) is 0 Å². The standard InChI is InChI=1S/C20H20N2O3/c1-12-5-3-6-13(2)19(12)20(25)21-16-8-4-7-14(9-16)15-10-17(23)22-18(24)11-15/h3-9,15H,10-11H2,1-2H3,(H,21,25)(H,22,23,24). The molecule has 1 saturated heterocycles. The summed E-state index contributed by atoms with van der Waals surface area (Å²) in [6.07, 6.45) is 0.556. The van der Waals surface area contributed by atoms with E-state index < -0.39 is 0 Å². The van der Waals surface area contributed by atoms with Crippen molar-refractivity contribution >= 4 is 23.4 Å². The predicted octanol–water partition coefficient (Wildman–Crippen LogP) is 3.08. The van der Waals surface area contributed by atoms with Gasteiger partial charge in [-0.2, -0.15) is 0 Å². The average Bonchev–Trinajstić information content (AvgIpc) is 2.54. The number of hydrogen-bond acceptors (Lipinski definition) is 3. The van der Waals surface area contributed by atoms with Gasteiger partial charge in [0.25, 0.3) is 5.91 Å². The molecule has 0 atom stereocenters. The van der Waals surface area contributed by atoms with Gasteiger partial charge < -0.3 is 5.32 Å². The number of hydrogen-bond donors (Lipinski definition) is 2. The first-order chi connectivity index (χ1) is 11.9. The fourth-order valence-electron chi connectivity index (χ4n) is 3.25. The molecule has 1 heterocycles. The number of carbonyl (C=O) groups is 3. The number of imide groups is 1. The summed E-state index contributed by atoms with van der Waals surface area (Å²) in [6, 6.07) is 13.1. The van der Waals surface area contributed by atoms with Gasteiger partial charge in [-0.3, -0.25) is 19.7 Å². The van der Waals surface area contributed by atoms with Gasteiger partial charge in [0.15, 0.2) is 0 Å². The molecule has 3 amide bonds. The van der Waals surface area contributed by atoms with Crippen molar-refractivity contribution in [1.29, 1.82) is 0 Å². The Morgan fingerprint density at radius 1 is 1.00 bits per heavy atom. The van der Waals surface area contributed by atoms with Crippen LogP contribution in [0.3, 0.4) is 0 Å². The number of piperidine rings is 1. The summed E-state index contributed by atoms with van der Waals surface area (Å²) in [5.74, 6) is -0.832. The minimum Gasteiger partial charge on any atom is -0.322 e. The third-order valence-electron chi connectivity index (χ3n) is 4.47. The molecule has 3 rings (SSSR count). The van der Waals surface area contributed by atoms with Gasteiger partial charge in [0, 0.05) is 30.0 Å². The minimum absolute atomic E-state index is 0.154. The Hall–Kier alpha value is -2.95. The van der Waals surface area contributed by atoms with E-state index in [1.54, 1.807) is 6.07 Å². The molecule has 1 aliphatic rings. The summed E-state index contributed by atoms with van der Waals surface area (Å²) >= 11 is 0.